The number of ether oxygens (including phenoxy) is 1. The van der Waals surface area contributed by atoms with Crippen molar-refractivity contribution >= 4 is 23.4 Å². The number of methoxy groups -OCH3 is 1. The molecular formula is C13H14ClFN2O3. The highest BCUT2D eigenvalue weighted by atomic mass is 35.5. The van der Waals surface area contributed by atoms with E-state index in [0.717, 1.165) is 12.1 Å². The SMILES string of the molecule is CO[C@H]1C[C@@H](C(N)=O)N(C(=O)c2ccc(F)cc2Cl)C1. The minimum absolute atomic E-state index is 0.000845. The second-order valence-corrected chi connectivity index (χ2v) is 5.00. The van der Waals surface area contributed by atoms with E-state index in [0.29, 0.717) is 6.42 Å². The van der Waals surface area contributed by atoms with Crippen LogP contribution in [0.1, 0.15) is 16.8 Å². The zero-order chi connectivity index (χ0) is 14.9. The van der Waals surface area contributed by atoms with Gasteiger partial charge in [0.1, 0.15) is 11.9 Å². The molecule has 1 fully saturated rings. The predicted octanol–water partition coefficient (Wildman–Crippen LogP) is 1.19. The van der Waals surface area contributed by atoms with Crippen molar-refractivity contribution in [3.05, 3.63) is 34.6 Å². The second-order valence-electron chi connectivity index (χ2n) is 4.59. The number of carbonyl (C=O) groups is 2. The Bertz CT molecular complexity index is 552. The molecule has 0 bridgehead atoms. The number of halogens is 2. The number of carbonyl (C=O) groups excluding carboxylic acids is 2. The number of benzene rings is 1. The fourth-order valence-electron chi connectivity index (χ4n) is 2.28. The summed E-state index contributed by atoms with van der Waals surface area (Å²) in [4.78, 5) is 25.2. The number of primary amides is 1. The average molecular weight is 301 g/mol. The molecule has 2 rings (SSSR count). The van der Waals surface area contributed by atoms with Gasteiger partial charge in [0.25, 0.3) is 5.91 Å². The van der Waals surface area contributed by atoms with Crippen molar-refractivity contribution in [3.8, 4) is 0 Å². The zero-order valence-electron chi connectivity index (χ0n) is 10.8. The quantitative estimate of drug-likeness (QED) is 0.911. The lowest BCUT2D eigenvalue weighted by molar-refractivity contribution is -0.121. The second kappa shape index (κ2) is 5.76. The topological polar surface area (TPSA) is 72.6 Å². The maximum atomic E-state index is 13.0. The molecule has 0 saturated carbocycles. The molecule has 2 N–H and O–H groups in total. The maximum Gasteiger partial charge on any atom is 0.256 e. The van der Waals surface area contributed by atoms with Crippen LogP contribution in [-0.2, 0) is 9.53 Å². The van der Waals surface area contributed by atoms with Crippen molar-refractivity contribution in [1.82, 2.24) is 4.90 Å². The molecule has 2 amide bonds. The Labute approximate surface area is 120 Å². The lowest BCUT2D eigenvalue weighted by Gasteiger charge is -2.22. The zero-order valence-corrected chi connectivity index (χ0v) is 11.6. The summed E-state index contributed by atoms with van der Waals surface area (Å²) >= 11 is 5.87. The van der Waals surface area contributed by atoms with Gasteiger partial charge in [0, 0.05) is 20.1 Å². The molecule has 20 heavy (non-hydrogen) atoms. The van der Waals surface area contributed by atoms with Crippen molar-refractivity contribution in [1.29, 1.82) is 0 Å². The van der Waals surface area contributed by atoms with Gasteiger partial charge in [-0.3, -0.25) is 9.59 Å². The summed E-state index contributed by atoms with van der Waals surface area (Å²) < 4.78 is 18.2. The van der Waals surface area contributed by atoms with Crippen molar-refractivity contribution in [3.63, 3.8) is 0 Å². The van der Waals surface area contributed by atoms with E-state index in [-0.39, 0.29) is 23.2 Å². The molecule has 2 atom stereocenters. The van der Waals surface area contributed by atoms with E-state index in [1.807, 2.05) is 0 Å². The average Bonchev–Trinajstić information content (AvgIpc) is 2.82. The minimum atomic E-state index is -0.742. The van der Waals surface area contributed by atoms with Crippen LogP contribution in [0, 0.1) is 5.82 Å². The minimum Gasteiger partial charge on any atom is -0.380 e. The van der Waals surface area contributed by atoms with Crippen LogP contribution in [0.2, 0.25) is 5.02 Å². The molecule has 7 heteroatoms. The fourth-order valence-corrected chi connectivity index (χ4v) is 2.53. The van der Waals surface area contributed by atoms with Crippen LogP contribution < -0.4 is 5.73 Å². The first-order valence-corrected chi connectivity index (χ1v) is 6.40. The summed E-state index contributed by atoms with van der Waals surface area (Å²) in [5.74, 6) is -1.59. The van der Waals surface area contributed by atoms with Crippen LogP contribution in [0.15, 0.2) is 18.2 Å². The first kappa shape index (κ1) is 14.7. The lowest BCUT2D eigenvalue weighted by Crippen LogP contribution is -2.43. The molecule has 0 aliphatic carbocycles. The molecule has 1 aliphatic heterocycles. The van der Waals surface area contributed by atoms with Gasteiger partial charge in [0.15, 0.2) is 0 Å². The third-order valence-corrected chi connectivity index (χ3v) is 3.66. The molecule has 0 unspecified atom stereocenters. The van der Waals surface area contributed by atoms with E-state index in [1.165, 1.54) is 18.1 Å². The number of hydrogen-bond acceptors (Lipinski definition) is 3. The van der Waals surface area contributed by atoms with Crippen LogP contribution in [0.4, 0.5) is 4.39 Å². The number of amides is 2. The van der Waals surface area contributed by atoms with E-state index in [4.69, 9.17) is 22.1 Å². The van der Waals surface area contributed by atoms with E-state index in [9.17, 15) is 14.0 Å². The van der Waals surface area contributed by atoms with Gasteiger partial charge in [-0.1, -0.05) is 11.6 Å². The summed E-state index contributed by atoms with van der Waals surface area (Å²) in [5.41, 5.74) is 5.44. The molecule has 0 radical (unpaired) electrons. The van der Waals surface area contributed by atoms with Gasteiger partial charge >= 0.3 is 0 Å². The van der Waals surface area contributed by atoms with E-state index < -0.39 is 23.7 Å². The van der Waals surface area contributed by atoms with Gasteiger partial charge in [-0.05, 0) is 18.2 Å². The van der Waals surface area contributed by atoms with Crippen LogP contribution >= 0.6 is 11.6 Å². The van der Waals surface area contributed by atoms with Crippen LogP contribution in [0.3, 0.4) is 0 Å². The van der Waals surface area contributed by atoms with E-state index in [1.54, 1.807) is 0 Å². The Morgan fingerprint density at radius 2 is 2.20 bits per heavy atom. The molecular weight excluding hydrogens is 287 g/mol. The van der Waals surface area contributed by atoms with Gasteiger partial charge in [-0.2, -0.15) is 0 Å². The highest BCUT2D eigenvalue weighted by Crippen LogP contribution is 2.25. The summed E-state index contributed by atoms with van der Waals surface area (Å²) in [6, 6.07) is 2.74. The first-order chi connectivity index (χ1) is 9.43. The van der Waals surface area contributed by atoms with Crippen LogP contribution in [0.5, 0.6) is 0 Å². The van der Waals surface area contributed by atoms with Gasteiger partial charge in [-0.25, -0.2) is 4.39 Å². The monoisotopic (exact) mass is 300 g/mol. The molecule has 5 nitrogen and oxygen atoms in total. The highest BCUT2D eigenvalue weighted by molar-refractivity contribution is 6.33. The molecule has 1 heterocycles. The third-order valence-electron chi connectivity index (χ3n) is 3.35. The van der Waals surface area contributed by atoms with Gasteiger partial charge in [0.2, 0.25) is 5.91 Å². The summed E-state index contributed by atoms with van der Waals surface area (Å²) in [7, 11) is 1.50. The standard InChI is InChI=1S/C13H14ClFN2O3/c1-20-8-5-11(12(16)18)17(6-8)13(19)9-3-2-7(15)4-10(9)14/h2-4,8,11H,5-6H2,1H3,(H2,16,18)/t8-,11-/m0/s1. The van der Waals surface area contributed by atoms with Crippen molar-refractivity contribution in [2.24, 2.45) is 5.73 Å². The summed E-state index contributed by atoms with van der Waals surface area (Å²) in [5, 5.41) is -0.000845. The molecule has 1 aromatic rings. The van der Waals surface area contributed by atoms with Crippen molar-refractivity contribution in [2.45, 2.75) is 18.6 Å². The number of hydrogen-bond donors (Lipinski definition) is 1. The fraction of sp³-hybridized carbons (Fsp3) is 0.385. The lowest BCUT2D eigenvalue weighted by atomic mass is 10.1. The van der Waals surface area contributed by atoms with Gasteiger partial charge < -0.3 is 15.4 Å². The largest absolute Gasteiger partial charge is 0.380 e. The van der Waals surface area contributed by atoms with E-state index in [2.05, 4.69) is 0 Å². The van der Waals surface area contributed by atoms with E-state index >= 15 is 0 Å². The van der Waals surface area contributed by atoms with Crippen LogP contribution in [-0.4, -0.2) is 42.5 Å². The Balaban J connectivity index is 2.29. The molecule has 0 spiro atoms. The molecule has 1 aliphatic rings. The Hall–Kier alpha value is -1.66. The third kappa shape index (κ3) is 2.76. The number of nitrogens with two attached hydrogens (primary N) is 1. The summed E-state index contributed by atoms with van der Waals surface area (Å²) in [6.45, 7) is 0.247. The normalized spacial score (nSPS) is 22.1. The Morgan fingerprint density at radius 1 is 1.50 bits per heavy atom. The van der Waals surface area contributed by atoms with Crippen molar-refractivity contribution < 1.29 is 18.7 Å². The van der Waals surface area contributed by atoms with Crippen molar-refractivity contribution in [2.75, 3.05) is 13.7 Å². The molecule has 0 aromatic heterocycles. The first-order valence-electron chi connectivity index (χ1n) is 6.02. The summed E-state index contributed by atoms with van der Waals surface area (Å²) in [6.07, 6.45) is 0.0896. The molecule has 108 valence electrons. The molecule has 1 saturated heterocycles. The number of nitrogens with zero attached hydrogens (tertiary/aromatic N) is 1. The number of likely N-dealkylation sites (tertiary alicyclic amines) is 1. The van der Waals surface area contributed by atoms with Gasteiger partial charge in [-0.15, -0.1) is 0 Å². The number of rotatable bonds is 3. The Kier molecular flexibility index (Phi) is 4.25. The van der Waals surface area contributed by atoms with Crippen LogP contribution in [0.25, 0.3) is 0 Å². The predicted molar refractivity (Wildman–Crippen MR) is 70.8 cm³/mol. The Morgan fingerprint density at radius 3 is 2.75 bits per heavy atom. The van der Waals surface area contributed by atoms with Gasteiger partial charge in [0.05, 0.1) is 16.7 Å². The maximum absolute atomic E-state index is 13.0. The highest BCUT2D eigenvalue weighted by Gasteiger charge is 2.39. The smallest absolute Gasteiger partial charge is 0.256 e. The molecule has 1 aromatic carbocycles.